The van der Waals surface area contributed by atoms with Gasteiger partial charge in [-0.15, -0.1) is 0 Å². The maximum absolute atomic E-state index is 12.0. The maximum atomic E-state index is 12.0. The van der Waals surface area contributed by atoms with Gasteiger partial charge in [-0.1, -0.05) is 0 Å². The predicted molar refractivity (Wildman–Crippen MR) is 60.5 cm³/mol. The van der Waals surface area contributed by atoms with E-state index in [1.165, 1.54) is 24.3 Å². The van der Waals surface area contributed by atoms with Crippen LogP contribution in [-0.2, 0) is 4.79 Å². The summed E-state index contributed by atoms with van der Waals surface area (Å²) < 4.78 is 23.9. The van der Waals surface area contributed by atoms with E-state index in [0.717, 1.165) is 0 Å². The molecule has 0 radical (unpaired) electrons. The molecule has 0 saturated heterocycles. The molecule has 0 fully saturated rings. The van der Waals surface area contributed by atoms with Crippen molar-refractivity contribution < 1.29 is 23.5 Å². The van der Waals surface area contributed by atoms with Gasteiger partial charge in [0.2, 0.25) is 0 Å². The number of carbonyl (C=O) groups is 2. The summed E-state index contributed by atoms with van der Waals surface area (Å²) >= 11 is 0. The van der Waals surface area contributed by atoms with Crippen LogP contribution in [0.1, 0.15) is 10.4 Å². The number of nitrogens with one attached hydrogen (secondary N) is 2. The van der Waals surface area contributed by atoms with Gasteiger partial charge in [-0.2, -0.15) is 8.78 Å². The van der Waals surface area contributed by atoms with Crippen LogP contribution in [0.15, 0.2) is 24.3 Å². The maximum Gasteiger partial charge on any atom is 0.315 e. The molecule has 5 nitrogen and oxygen atoms in total. The van der Waals surface area contributed by atoms with Gasteiger partial charge in [0.15, 0.2) is 0 Å². The van der Waals surface area contributed by atoms with Gasteiger partial charge in [0, 0.05) is 17.8 Å². The molecule has 1 rings (SSSR count). The molecular weight excluding hydrogens is 246 g/mol. The van der Waals surface area contributed by atoms with Gasteiger partial charge in [0.05, 0.1) is 6.61 Å². The molecule has 3 N–H and O–H groups in total. The highest BCUT2D eigenvalue weighted by atomic mass is 19.3. The third-order valence-corrected chi connectivity index (χ3v) is 2.01. The molecule has 0 saturated carbocycles. The number of benzene rings is 1. The van der Waals surface area contributed by atoms with Crippen LogP contribution < -0.4 is 10.6 Å². The zero-order valence-electron chi connectivity index (χ0n) is 9.32. The highest BCUT2D eigenvalue weighted by molar-refractivity contribution is 5.96. The van der Waals surface area contributed by atoms with Crippen LogP contribution in [0.25, 0.3) is 0 Å². The first kappa shape index (κ1) is 14.0. The molecule has 2 amide bonds. The lowest BCUT2D eigenvalue weighted by molar-refractivity contribution is -0.126. The van der Waals surface area contributed by atoms with E-state index < -0.39 is 18.2 Å². The molecule has 7 heteroatoms. The van der Waals surface area contributed by atoms with Gasteiger partial charge in [0.25, 0.3) is 11.8 Å². The lowest BCUT2D eigenvalue weighted by atomic mass is 10.2. The van der Waals surface area contributed by atoms with Crippen LogP contribution in [-0.4, -0.2) is 36.5 Å². The van der Waals surface area contributed by atoms with Crippen molar-refractivity contribution in [2.24, 2.45) is 0 Å². The zero-order chi connectivity index (χ0) is 13.5. The van der Waals surface area contributed by atoms with Crippen molar-refractivity contribution in [2.75, 3.05) is 18.5 Å². The van der Waals surface area contributed by atoms with Gasteiger partial charge in [0.1, 0.15) is 0 Å². The van der Waals surface area contributed by atoms with E-state index in [2.05, 4.69) is 5.32 Å². The Morgan fingerprint density at radius 3 is 2.33 bits per heavy atom. The molecule has 0 spiro atoms. The van der Waals surface area contributed by atoms with Crippen molar-refractivity contribution in [3.8, 4) is 0 Å². The Balaban J connectivity index is 2.62. The molecule has 0 unspecified atom stereocenters. The molecule has 1 aromatic carbocycles. The summed E-state index contributed by atoms with van der Waals surface area (Å²) in [6.07, 6.45) is -3.09. The molecule has 0 atom stereocenters. The topological polar surface area (TPSA) is 78.4 Å². The Hall–Kier alpha value is -2.02. The lowest BCUT2D eigenvalue weighted by Gasteiger charge is -2.06. The van der Waals surface area contributed by atoms with Crippen LogP contribution in [0.5, 0.6) is 0 Å². The first-order valence-corrected chi connectivity index (χ1v) is 5.12. The quantitative estimate of drug-likeness (QED) is 0.724. The molecule has 0 aliphatic rings. The normalized spacial score (nSPS) is 10.2. The minimum atomic E-state index is -3.09. The molecule has 0 aromatic heterocycles. The number of carbonyl (C=O) groups excluding carboxylic acids is 2. The summed E-state index contributed by atoms with van der Waals surface area (Å²) in [7, 11) is 0. The first-order valence-electron chi connectivity index (χ1n) is 5.12. The Morgan fingerprint density at radius 1 is 1.22 bits per heavy atom. The van der Waals surface area contributed by atoms with Crippen molar-refractivity contribution in [1.29, 1.82) is 0 Å². The smallest absolute Gasteiger partial charge is 0.315 e. The number of hydrogen-bond acceptors (Lipinski definition) is 3. The van der Waals surface area contributed by atoms with Crippen LogP contribution in [0.3, 0.4) is 0 Å². The first-order chi connectivity index (χ1) is 8.54. The van der Waals surface area contributed by atoms with Crippen LogP contribution in [0.4, 0.5) is 14.5 Å². The fourth-order valence-electron chi connectivity index (χ4n) is 1.17. The molecule has 0 aliphatic heterocycles. The SMILES string of the molecule is O=C(NCCO)c1ccc(NC(=O)C(F)F)cc1. The molecule has 18 heavy (non-hydrogen) atoms. The second kappa shape index (κ2) is 6.65. The van der Waals surface area contributed by atoms with Crippen molar-refractivity contribution in [1.82, 2.24) is 5.32 Å². The van der Waals surface area contributed by atoms with E-state index in [1.54, 1.807) is 0 Å². The summed E-state index contributed by atoms with van der Waals surface area (Å²) in [6, 6.07) is 5.45. The molecule has 1 aromatic rings. The van der Waals surface area contributed by atoms with E-state index in [-0.39, 0.29) is 18.8 Å². The number of hydrogen-bond donors (Lipinski definition) is 3. The third-order valence-electron chi connectivity index (χ3n) is 2.01. The number of rotatable bonds is 5. The number of halogens is 2. The van der Waals surface area contributed by atoms with E-state index in [0.29, 0.717) is 5.56 Å². The monoisotopic (exact) mass is 258 g/mol. The Labute approximate surface area is 102 Å². The molecule has 0 bridgehead atoms. The second-order valence-corrected chi connectivity index (χ2v) is 3.35. The van der Waals surface area contributed by atoms with Crippen LogP contribution in [0.2, 0.25) is 0 Å². The highest BCUT2D eigenvalue weighted by Crippen LogP contribution is 2.10. The van der Waals surface area contributed by atoms with Crippen LogP contribution >= 0.6 is 0 Å². The average Bonchev–Trinajstić information content (AvgIpc) is 2.36. The van der Waals surface area contributed by atoms with Crippen molar-refractivity contribution in [2.45, 2.75) is 6.43 Å². The number of aliphatic hydroxyl groups excluding tert-OH is 1. The fraction of sp³-hybridized carbons (Fsp3) is 0.273. The summed E-state index contributed by atoms with van der Waals surface area (Å²) in [4.78, 5) is 22.1. The van der Waals surface area contributed by atoms with Crippen LogP contribution in [0, 0.1) is 0 Å². The van der Waals surface area contributed by atoms with E-state index in [1.807, 2.05) is 5.32 Å². The average molecular weight is 258 g/mol. The van der Waals surface area contributed by atoms with Gasteiger partial charge in [-0.05, 0) is 24.3 Å². The Morgan fingerprint density at radius 2 is 1.83 bits per heavy atom. The highest BCUT2D eigenvalue weighted by Gasteiger charge is 2.15. The summed E-state index contributed by atoms with van der Waals surface area (Å²) in [5, 5.41) is 12.9. The zero-order valence-corrected chi connectivity index (χ0v) is 9.32. The number of alkyl halides is 2. The van der Waals surface area contributed by atoms with Crippen molar-refractivity contribution in [3.63, 3.8) is 0 Å². The lowest BCUT2D eigenvalue weighted by Crippen LogP contribution is -2.26. The minimum absolute atomic E-state index is 0.128. The molecular formula is C11H12F2N2O3. The van der Waals surface area contributed by atoms with E-state index in [9.17, 15) is 18.4 Å². The van der Waals surface area contributed by atoms with Crippen molar-refractivity contribution >= 4 is 17.5 Å². The predicted octanol–water partition coefficient (Wildman–Crippen LogP) is 0.612. The number of aliphatic hydroxyl groups is 1. The second-order valence-electron chi connectivity index (χ2n) is 3.35. The fourth-order valence-corrected chi connectivity index (χ4v) is 1.17. The van der Waals surface area contributed by atoms with Gasteiger partial charge < -0.3 is 15.7 Å². The van der Waals surface area contributed by atoms with Gasteiger partial charge in [-0.25, -0.2) is 0 Å². The molecule has 0 aliphatic carbocycles. The summed E-state index contributed by atoms with van der Waals surface area (Å²) in [6.45, 7) is -0.0447. The van der Waals surface area contributed by atoms with Gasteiger partial charge in [-0.3, -0.25) is 9.59 Å². The number of amides is 2. The largest absolute Gasteiger partial charge is 0.395 e. The Bertz CT molecular complexity index is 421. The Kier molecular flexibility index (Phi) is 5.19. The van der Waals surface area contributed by atoms with Crippen molar-refractivity contribution in [3.05, 3.63) is 29.8 Å². The van der Waals surface area contributed by atoms with E-state index in [4.69, 9.17) is 5.11 Å². The molecule has 98 valence electrons. The third kappa shape index (κ3) is 4.10. The standard InChI is InChI=1S/C11H12F2N2O3/c12-9(13)11(18)15-8-3-1-7(2-4-8)10(17)14-5-6-16/h1-4,9,16H,5-6H2,(H,14,17)(H,15,18). The summed E-state index contributed by atoms with van der Waals surface area (Å²) in [5.74, 6) is -1.79. The van der Waals surface area contributed by atoms with E-state index >= 15 is 0 Å². The molecule has 0 heterocycles. The van der Waals surface area contributed by atoms with Gasteiger partial charge >= 0.3 is 6.43 Å². The number of anilines is 1. The minimum Gasteiger partial charge on any atom is -0.395 e. The summed E-state index contributed by atoms with van der Waals surface area (Å²) in [5.41, 5.74) is 0.484.